The zero-order valence-electron chi connectivity index (χ0n) is 18.4. The van der Waals surface area contributed by atoms with Gasteiger partial charge in [-0.2, -0.15) is 4.98 Å². The highest BCUT2D eigenvalue weighted by Crippen LogP contribution is 2.34. The first kappa shape index (κ1) is 23.3. The molecule has 1 aliphatic heterocycles. The van der Waals surface area contributed by atoms with Crippen molar-refractivity contribution in [3.8, 4) is 28.3 Å². The Labute approximate surface area is 205 Å². The molecule has 178 valence electrons. The van der Waals surface area contributed by atoms with Crippen molar-refractivity contribution < 1.29 is 24.1 Å². The molecule has 1 saturated heterocycles. The first-order valence-electron chi connectivity index (χ1n) is 11.0. The standard InChI is InChI=1S/C26H21ClFN3O4/c1-29-16-6-7-18(21(28)8-16)14-2-4-15(5-3-14)19-10-22-23(11-20(19)27)31-26(30-22)35-17-9-24(33)25(12-32)34-13-17/h2-8,10-11,17,24-25,32-33H,9,12-13H2,(H,30,31)/t17-,24+,25-/m1/s1. The van der Waals surface area contributed by atoms with Crippen LogP contribution in [-0.2, 0) is 4.74 Å². The number of nitrogens with one attached hydrogen (secondary N) is 1. The summed E-state index contributed by atoms with van der Waals surface area (Å²) in [7, 11) is 0. The molecule has 1 aliphatic rings. The quantitative estimate of drug-likeness (QED) is 0.335. The summed E-state index contributed by atoms with van der Waals surface area (Å²) < 4.78 is 25.7. The van der Waals surface area contributed by atoms with Crippen molar-refractivity contribution >= 4 is 28.3 Å². The first-order chi connectivity index (χ1) is 16.9. The molecule has 0 amide bonds. The molecular formula is C26H21ClFN3O4. The Hall–Kier alpha value is -3.48. The summed E-state index contributed by atoms with van der Waals surface area (Å²) in [5, 5.41) is 19.8. The van der Waals surface area contributed by atoms with Crippen LogP contribution in [0.25, 0.3) is 38.1 Å². The van der Waals surface area contributed by atoms with Gasteiger partial charge >= 0.3 is 0 Å². The number of aliphatic hydroxyl groups is 2. The van der Waals surface area contributed by atoms with Gasteiger partial charge in [0.05, 0.1) is 41.9 Å². The number of aromatic amines is 1. The fraction of sp³-hybridized carbons (Fsp3) is 0.231. The van der Waals surface area contributed by atoms with Crippen LogP contribution in [0, 0.1) is 12.4 Å². The largest absolute Gasteiger partial charge is 0.459 e. The number of aliphatic hydroxyl groups excluding tert-OH is 2. The fourth-order valence-electron chi connectivity index (χ4n) is 4.17. The van der Waals surface area contributed by atoms with Gasteiger partial charge in [-0.15, -0.1) is 0 Å². The topological polar surface area (TPSA) is 92.0 Å². The van der Waals surface area contributed by atoms with Crippen molar-refractivity contribution in [2.24, 2.45) is 0 Å². The van der Waals surface area contributed by atoms with Gasteiger partial charge in [0.1, 0.15) is 18.0 Å². The Balaban J connectivity index is 1.37. The average Bonchev–Trinajstić information content (AvgIpc) is 3.24. The molecule has 4 aromatic rings. The number of halogens is 2. The lowest BCUT2D eigenvalue weighted by atomic mass is 9.99. The Morgan fingerprint density at radius 1 is 1.14 bits per heavy atom. The molecule has 0 saturated carbocycles. The molecule has 3 atom stereocenters. The van der Waals surface area contributed by atoms with Crippen LogP contribution in [0.2, 0.25) is 5.02 Å². The van der Waals surface area contributed by atoms with Crippen LogP contribution in [0.15, 0.2) is 54.6 Å². The predicted octanol–water partition coefficient (Wildman–Crippen LogP) is 5.13. The number of aromatic nitrogens is 2. The van der Waals surface area contributed by atoms with E-state index in [0.717, 1.165) is 11.1 Å². The molecule has 1 fully saturated rings. The van der Waals surface area contributed by atoms with E-state index in [4.69, 9.17) is 27.6 Å². The maximum atomic E-state index is 14.4. The van der Waals surface area contributed by atoms with E-state index in [1.807, 2.05) is 18.2 Å². The van der Waals surface area contributed by atoms with E-state index in [0.29, 0.717) is 33.6 Å². The van der Waals surface area contributed by atoms with Gasteiger partial charge in [0.25, 0.3) is 6.01 Å². The van der Waals surface area contributed by atoms with E-state index in [9.17, 15) is 14.6 Å². The number of nitrogens with zero attached hydrogens (tertiary/aromatic N) is 2. The van der Waals surface area contributed by atoms with E-state index in [1.54, 1.807) is 30.3 Å². The minimum absolute atomic E-state index is 0.235. The summed E-state index contributed by atoms with van der Waals surface area (Å²) in [6.45, 7) is 7.00. The summed E-state index contributed by atoms with van der Waals surface area (Å²) in [5.41, 5.74) is 4.30. The van der Waals surface area contributed by atoms with Crippen molar-refractivity contribution in [3.63, 3.8) is 0 Å². The lowest BCUT2D eigenvalue weighted by Crippen LogP contribution is -2.45. The maximum Gasteiger partial charge on any atom is 0.294 e. The van der Waals surface area contributed by atoms with Crippen LogP contribution in [0.5, 0.6) is 6.01 Å². The predicted molar refractivity (Wildman–Crippen MR) is 130 cm³/mol. The second-order valence-corrected chi connectivity index (χ2v) is 8.75. The van der Waals surface area contributed by atoms with E-state index in [2.05, 4.69) is 14.8 Å². The molecule has 3 aromatic carbocycles. The van der Waals surface area contributed by atoms with Gasteiger partial charge < -0.3 is 24.7 Å². The summed E-state index contributed by atoms with van der Waals surface area (Å²) in [4.78, 5) is 10.8. The van der Waals surface area contributed by atoms with Gasteiger partial charge in [0.2, 0.25) is 0 Å². The number of H-pyrrole nitrogens is 1. The summed E-state index contributed by atoms with van der Waals surface area (Å²) in [6, 6.07) is 15.6. The molecule has 2 heterocycles. The van der Waals surface area contributed by atoms with Gasteiger partial charge in [0.15, 0.2) is 5.69 Å². The number of imidazole rings is 1. The van der Waals surface area contributed by atoms with E-state index < -0.39 is 24.1 Å². The molecular weight excluding hydrogens is 473 g/mol. The monoisotopic (exact) mass is 493 g/mol. The molecule has 9 heteroatoms. The van der Waals surface area contributed by atoms with Crippen LogP contribution in [-0.4, -0.2) is 51.7 Å². The highest BCUT2D eigenvalue weighted by molar-refractivity contribution is 6.34. The van der Waals surface area contributed by atoms with Crippen molar-refractivity contribution in [1.82, 2.24) is 9.97 Å². The second kappa shape index (κ2) is 9.64. The van der Waals surface area contributed by atoms with E-state index in [-0.39, 0.29) is 24.9 Å². The maximum absolute atomic E-state index is 14.4. The summed E-state index contributed by atoms with van der Waals surface area (Å²) in [5.74, 6) is -0.447. The summed E-state index contributed by atoms with van der Waals surface area (Å²) >= 11 is 6.55. The Morgan fingerprint density at radius 2 is 1.89 bits per heavy atom. The van der Waals surface area contributed by atoms with Crippen molar-refractivity contribution in [1.29, 1.82) is 0 Å². The highest BCUT2D eigenvalue weighted by Gasteiger charge is 2.31. The zero-order valence-corrected chi connectivity index (χ0v) is 19.2. The number of ether oxygens (including phenoxy) is 2. The number of hydrogen-bond donors (Lipinski definition) is 3. The van der Waals surface area contributed by atoms with Crippen molar-refractivity contribution in [2.75, 3.05) is 13.2 Å². The average molecular weight is 494 g/mol. The molecule has 5 rings (SSSR count). The minimum atomic E-state index is -0.814. The SMILES string of the molecule is [C-]#[N+]c1ccc(-c2ccc(-c3cc4nc(O[C@H]5CO[C@H](CO)[C@@H](O)C5)[nH]c4cc3Cl)cc2)c(F)c1. The molecule has 0 aliphatic carbocycles. The number of benzene rings is 3. The van der Waals surface area contributed by atoms with Crippen molar-refractivity contribution in [2.45, 2.75) is 24.7 Å². The number of fused-ring (bicyclic) bond motifs is 1. The van der Waals surface area contributed by atoms with E-state index in [1.165, 1.54) is 6.07 Å². The second-order valence-electron chi connectivity index (χ2n) is 8.34. The lowest BCUT2D eigenvalue weighted by Gasteiger charge is -2.31. The third-order valence-corrected chi connectivity index (χ3v) is 6.34. The van der Waals surface area contributed by atoms with Gasteiger partial charge in [0, 0.05) is 17.5 Å². The van der Waals surface area contributed by atoms with Crippen LogP contribution in [0.3, 0.4) is 0 Å². The number of rotatable bonds is 5. The van der Waals surface area contributed by atoms with Crippen molar-refractivity contribution in [3.05, 3.63) is 76.9 Å². The minimum Gasteiger partial charge on any atom is -0.459 e. The molecule has 1 aromatic heterocycles. The zero-order chi connectivity index (χ0) is 24.5. The molecule has 35 heavy (non-hydrogen) atoms. The highest BCUT2D eigenvalue weighted by atomic mass is 35.5. The third-order valence-electron chi connectivity index (χ3n) is 6.03. The molecule has 0 spiro atoms. The van der Waals surface area contributed by atoms with Gasteiger partial charge in [-0.05, 0) is 29.3 Å². The first-order valence-corrected chi connectivity index (χ1v) is 11.4. The molecule has 7 nitrogen and oxygen atoms in total. The fourth-order valence-corrected chi connectivity index (χ4v) is 4.44. The molecule has 0 unspecified atom stereocenters. The number of hydrogen-bond acceptors (Lipinski definition) is 5. The van der Waals surface area contributed by atoms with Gasteiger partial charge in [-0.1, -0.05) is 48.0 Å². The Kier molecular flexibility index (Phi) is 6.41. The lowest BCUT2D eigenvalue weighted by molar-refractivity contribution is -0.131. The van der Waals surface area contributed by atoms with E-state index >= 15 is 0 Å². The van der Waals surface area contributed by atoms with Crippen LogP contribution < -0.4 is 4.74 Å². The third kappa shape index (κ3) is 4.72. The Morgan fingerprint density at radius 3 is 2.54 bits per heavy atom. The van der Waals surface area contributed by atoms with Crippen LogP contribution in [0.1, 0.15) is 6.42 Å². The van der Waals surface area contributed by atoms with Gasteiger partial charge in [-0.3, -0.25) is 0 Å². The van der Waals surface area contributed by atoms with Crippen LogP contribution in [0.4, 0.5) is 10.1 Å². The Bertz CT molecular complexity index is 1420. The molecule has 0 bridgehead atoms. The summed E-state index contributed by atoms with van der Waals surface area (Å²) in [6.07, 6.45) is -1.50. The molecule has 3 N–H and O–H groups in total. The normalized spacial score (nSPS) is 20.0. The molecule has 0 radical (unpaired) electrons. The van der Waals surface area contributed by atoms with Crippen LogP contribution >= 0.6 is 11.6 Å². The van der Waals surface area contributed by atoms with Gasteiger partial charge in [-0.25, -0.2) is 9.24 Å². The smallest absolute Gasteiger partial charge is 0.294 e.